The highest BCUT2D eigenvalue weighted by Crippen LogP contribution is 2.38. The van der Waals surface area contributed by atoms with E-state index in [0.29, 0.717) is 13.1 Å². The second-order valence-electron chi connectivity index (χ2n) is 4.62. The van der Waals surface area contributed by atoms with Crippen molar-refractivity contribution in [3.8, 4) is 5.75 Å². The predicted octanol–water partition coefficient (Wildman–Crippen LogP) is 2.76. The molecule has 2 rings (SSSR count). The van der Waals surface area contributed by atoms with Gasteiger partial charge in [-0.2, -0.15) is 13.2 Å². The summed E-state index contributed by atoms with van der Waals surface area (Å²) in [6.07, 6.45) is -4.45. The van der Waals surface area contributed by atoms with Gasteiger partial charge in [-0.1, -0.05) is 6.07 Å². The highest BCUT2D eigenvalue weighted by Gasteiger charge is 2.45. The lowest BCUT2D eigenvalue weighted by Gasteiger charge is -2.36. The molecule has 0 aliphatic carbocycles. The molecule has 0 radical (unpaired) electrons. The fourth-order valence-corrected chi connectivity index (χ4v) is 2.40. The Hall–Kier alpha value is -1.05. The van der Waals surface area contributed by atoms with Gasteiger partial charge in [0, 0.05) is 26.2 Å². The molecule has 8 heteroatoms. The summed E-state index contributed by atoms with van der Waals surface area (Å²) in [5.41, 5.74) is -0.0994. The van der Waals surface area contributed by atoms with Crippen molar-refractivity contribution in [2.24, 2.45) is 0 Å². The van der Waals surface area contributed by atoms with Crippen LogP contribution in [0.15, 0.2) is 18.2 Å². The fourth-order valence-electron chi connectivity index (χ4n) is 2.40. The zero-order valence-corrected chi connectivity index (χ0v) is 12.2. The zero-order valence-electron chi connectivity index (χ0n) is 11.4. The molecule has 1 aromatic rings. The first-order chi connectivity index (χ1) is 9.43. The lowest BCUT2D eigenvalue weighted by Crippen LogP contribution is -2.49. The lowest BCUT2D eigenvalue weighted by atomic mass is 10.0. The number of rotatable bonds is 3. The third-order valence-corrected chi connectivity index (χ3v) is 3.32. The number of nitrogens with zero attached hydrogens (tertiary/aromatic N) is 1. The molecule has 0 spiro atoms. The fraction of sp³-hybridized carbons (Fsp3) is 0.538. The number of hydrogen-bond donors (Lipinski definition) is 1. The molecule has 0 saturated carbocycles. The lowest BCUT2D eigenvalue weighted by molar-refractivity contribution is -0.187. The second-order valence-corrected chi connectivity index (χ2v) is 4.62. The minimum atomic E-state index is -4.45. The molecule has 1 atom stereocenters. The van der Waals surface area contributed by atoms with Crippen molar-refractivity contribution in [1.82, 2.24) is 10.2 Å². The minimum Gasteiger partial charge on any atom is -0.494 e. The molecule has 0 amide bonds. The molecular formula is C13H17ClF4N2O. The molecule has 1 aliphatic heterocycles. The summed E-state index contributed by atoms with van der Waals surface area (Å²) in [6.45, 7) is 1.53. The number of alkyl halides is 3. The van der Waals surface area contributed by atoms with Crippen molar-refractivity contribution in [3.63, 3.8) is 0 Å². The molecule has 0 bridgehead atoms. The SMILES string of the molecule is COc1ccc([C@@H](N2CCNCC2)C(F)(F)F)cc1F.Cl. The Labute approximate surface area is 126 Å². The van der Waals surface area contributed by atoms with Gasteiger partial charge in [0.05, 0.1) is 7.11 Å². The van der Waals surface area contributed by atoms with E-state index in [2.05, 4.69) is 5.32 Å². The van der Waals surface area contributed by atoms with E-state index in [1.165, 1.54) is 24.1 Å². The average molecular weight is 329 g/mol. The number of methoxy groups -OCH3 is 1. The summed E-state index contributed by atoms with van der Waals surface area (Å²) < 4.78 is 58.2. The largest absolute Gasteiger partial charge is 0.494 e. The topological polar surface area (TPSA) is 24.5 Å². The number of nitrogens with one attached hydrogen (secondary N) is 1. The average Bonchev–Trinajstić information content (AvgIpc) is 2.39. The van der Waals surface area contributed by atoms with E-state index >= 15 is 0 Å². The van der Waals surface area contributed by atoms with Crippen LogP contribution in [0.1, 0.15) is 11.6 Å². The van der Waals surface area contributed by atoms with E-state index in [1.807, 2.05) is 0 Å². The molecule has 1 aromatic carbocycles. The molecule has 3 nitrogen and oxygen atoms in total. The van der Waals surface area contributed by atoms with Crippen LogP contribution in [0, 0.1) is 5.82 Å². The molecule has 120 valence electrons. The quantitative estimate of drug-likeness (QED) is 0.864. The first kappa shape index (κ1) is 18.0. The van der Waals surface area contributed by atoms with Crippen LogP contribution in [-0.2, 0) is 0 Å². The van der Waals surface area contributed by atoms with Gasteiger partial charge in [-0.15, -0.1) is 12.4 Å². The van der Waals surface area contributed by atoms with Gasteiger partial charge in [-0.25, -0.2) is 4.39 Å². The molecule has 21 heavy (non-hydrogen) atoms. The number of ether oxygens (including phenoxy) is 1. The van der Waals surface area contributed by atoms with Gasteiger partial charge in [0.1, 0.15) is 6.04 Å². The van der Waals surface area contributed by atoms with Crippen LogP contribution < -0.4 is 10.1 Å². The van der Waals surface area contributed by atoms with Crippen molar-refractivity contribution in [1.29, 1.82) is 0 Å². The second kappa shape index (κ2) is 7.29. The monoisotopic (exact) mass is 328 g/mol. The van der Waals surface area contributed by atoms with E-state index < -0.39 is 18.0 Å². The smallest absolute Gasteiger partial charge is 0.408 e. The Bertz CT molecular complexity index is 464. The highest BCUT2D eigenvalue weighted by molar-refractivity contribution is 5.85. The standard InChI is InChI=1S/C13H16F4N2O.ClH/c1-20-11-3-2-9(8-10(11)14)12(13(15,16)17)19-6-4-18-5-7-19;/h2-3,8,12,18H,4-7H2,1H3;1H/t12-;/m1./s1. The first-order valence-electron chi connectivity index (χ1n) is 6.28. The maximum atomic E-state index is 13.6. The van der Waals surface area contributed by atoms with Crippen LogP contribution in [0.3, 0.4) is 0 Å². The molecular weight excluding hydrogens is 312 g/mol. The molecule has 1 N–H and O–H groups in total. The van der Waals surface area contributed by atoms with Gasteiger partial charge < -0.3 is 10.1 Å². The number of piperazine rings is 1. The Balaban J connectivity index is 0.00000220. The van der Waals surface area contributed by atoms with Crippen molar-refractivity contribution in [3.05, 3.63) is 29.6 Å². The predicted molar refractivity (Wildman–Crippen MR) is 73.4 cm³/mol. The number of benzene rings is 1. The minimum absolute atomic E-state index is 0. The summed E-state index contributed by atoms with van der Waals surface area (Å²) in [4.78, 5) is 1.32. The van der Waals surface area contributed by atoms with Gasteiger partial charge >= 0.3 is 6.18 Å². The van der Waals surface area contributed by atoms with Gasteiger partial charge in [-0.05, 0) is 17.7 Å². The van der Waals surface area contributed by atoms with Crippen LogP contribution in [-0.4, -0.2) is 44.4 Å². The van der Waals surface area contributed by atoms with Gasteiger partial charge in [0.15, 0.2) is 11.6 Å². The molecule has 1 fully saturated rings. The van der Waals surface area contributed by atoms with Crippen molar-refractivity contribution < 1.29 is 22.3 Å². The maximum absolute atomic E-state index is 13.6. The number of halogens is 5. The van der Waals surface area contributed by atoms with E-state index in [-0.39, 0.29) is 36.8 Å². The van der Waals surface area contributed by atoms with E-state index in [1.54, 1.807) is 0 Å². The summed E-state index contributed by atoms with van der Waals surface area (Å²) in [6, 6.07) is 1.61. The highest BCUT2D eigenvalue weighted by atomic mass is 35.5. The van der Waals surface area contributed by atoms with Gasteiger partial charge in [0.2, 0.25) is 0 Å². The van der Waals surface area contributed by atoms with Crippen LogP contribution in [0.2, 0.25) is 0 Å². The van der Waals surface area contributed by atoms with Gasteiger partial charge in [-0.3, -0.25) is 4.90 Å². The molecule has 1 aliphatic rings. The molecule has 1 heterocycles. The Morgan fingerprint density at radius 3 is 2.33 bits per heavy atom. The Morgan fingerprint density at radius 2 is 1.86 bits per heavy atom. The van der Waals surface area contributed by atoms with Crippen molar-refractivity contribution in [2.45, 2.75) is 12.2 Å². The van der Waals surface area contributed by atoms with Crippen molar-refractivity contribution in [2.75, 3.05) is 33.3 Å². The summed E-state index contributed by atoms with van der Waals surface area (Å²) >= 11 is 0. The third kappa shape index (κ3) is 4.21. The summed E-state index contributed by atoms with van der Waals surface area (Å²) in [7, 11) is 1.27. The summed E-state index contributed by atoms with van der Waals surface area (Å²) in [5, 5.41) is 3.00. The van der Waals surface area contributed by atoms with E-state index in [0.717, 1.165) is 6.07 Å². The first-order valence-corrected chi connectivity index (χ1v) is 6.28. The van der Waals surface area contributed by atoms with E-state index in [4.69, 9.17) is 4.74 Å². The Morgan fingerprint density at radius 1 is 1.24 bits per heavy atom. The Kier molecular flexibility index (Phi) is 6.24. The van der Waals surface area contributed by atoms with Crippen LogP contribution in [0.25, 0.3) is 0 Å². The molecule has 0 unspecified atom stereocenters. The third-order valence-electron chi connectivity index (χ3n) is 3.32. The normalized spacial score (nSPS) is 18.0. The van der Waals surface area contributed by atoms with Gasteiger partial charge in [0.25, 0.3) is 0 Å². The molecule has 1 saturated heterocycles. The van der Waals surface area contributed by atoms with Crippen LogP contribution >= 0.6 is 12.4 Å². The zero-order chi connectivity index (χ0) is 14.8. The van der Waals surface area contributed by atoms with Crippen molar-refractivity contribution >= 4 is 12.4 Å². The maximum Gasteiger partial charge on any atom is 0.408 e. The molecule has 0 aromatic heterocycles. The van der Waals surface area contributed by atoms with Crippen LogP contribution in [0.4, 0.5) is 17.6 Å². The van der Waals surface area contributed by atoms with Crippen LogP contribution in [0.5, 0.6) is 5.75 Å². The number of hydrogen-bond acceptors (Lipinski definition) is 3. The summed E-state index contributed by atoms with van der Waals surface area (Å²) in [5.74, 6) is -0.843. The van der Waals surface area contributed by atoms with E-state index in [9.17, 15) is 17.6 Å².